The Morgan fingerprint density at radius 3 is 2.75 bits per heavy atom. The summed E-state index contributed by atoms with van der Waals surface area (Å²) in [5.74, 6) is 0.744. The average molecular weight is 401 g/mol. The molecule has 2 aromatic rings. The van der Waals surface area contributed by atoms with E-state index >= 15 is 0 Å². The lowest BCUT2D eigenvalue weighted by molar-refractivity contribution is -0.120. The van der Waals surface area contributed by atoms with Gasteiger partial charge in [0.1, 0.15) is 5.54 Å². The highest BCUT2D eigenvalue weighted by Gasteiger charge is 2.33. The standard InChI is InChI=1S/C19H24N6O2S/c1-27-12-11-25-17(15-5-9-21-10-6-15)23-24-18(25)28-13-16(26)22-19(14-20)7-3-2-4-8-19/h5-6,9-10H,2-4,7-8,11-13H2,1H3,(H,22,26). The van der Waals surface area contributed by atoms with Gasteiger partial charge >= 0.3 is 0 Å². The molecular formula is C19H24N6O2S. The maximum absolute atomic E-state index is 12.5. The van der Waals surface area contributed by atoms with Crippen molar-refractivity contribution < 1.29 is 9.53 Å². The zero-order valence-electron chi connectivity index (χ0n) is 15.9. The Kier molecular flexibility index (Phi) is 7.01. The summed E-state index contributed by atoms with van der Waals surface area (Å²) in [5.41, 5.74) is 0.183. The number of hydrogen-bond acceptors (Lipinski definition) is 7. The van der Waals surface area contributed by atoms with Gasteiger partial charge in [-0.2, -0.15) is 5.26 Å². The van der Waals surface area contributed by atoms with Crippen LogP contribution in [0.25, 0.3) is 11.4 Å². The fourth-order valence-electron chi connectivity index (χ4n) is 3.35. The van der Waals surface area contributed by atoms with Gasteiger partial charge in [0, 0.05) is 25.1 Å². The van der Waals surface area contributed by atoms with Gasteiger partial charge in [0.2, 0.25) is 5.91 Å². The van der Waals surface area contributed by atoms with Gasteiger partial charge in [-0.3, -0.25) is 14.3 Å². The zero-order chi connectivity index (χ0) is 19.8. The van der Waals surface area contributed by atoms with E-state index in [4.69, 9.17) is 4.74 Å². The van der Waals surface area contributed by atoms with Gasteiger partial charge in [0.15, 0.2) is 11.0 Å². The van der Waals surface area contributed by atoms with Crippen molar-refractivity contribution >= 4 is 17.7 Å². The zero-order valence-corrected chi connectivity index (χ0v) is 16.7. The number of thioether (sulfide) groups is 1. The van der Waals surface area contributed by atoms with E-state index in [1.54, 1.807) is 19.5 Å². The third-order valence-electron chi connectivity index (χ3n) is 4.81. The van der Waals surface area contributed by atoms with E-state index < -0.39 is 5.54 Å². The summed E-state index contributed by atoms with van der Waals surface area (Å²) in [6.45, 7) is 1.08. The number of ether oxygens (including phenoxy) is 1. The lowest BCUT2D eigenvalue weighted by Gasteiger charge is -2.31. The first kappa shape index (κ1) is 20.3. The molecule has 1 aliphatic rings. The van der Waals surface area contributed by atoms with Crippen molar-refractivity contribution in [3.8, 4) is 17.5 Å². The van der Waals surface area contributed by atoms with Gasteiger partial charge in [-0.25, -0.2) is 0 Å². The molecule has 1 aliphatic carbocycles. The minimum Gasteiger partial charge on any atom is -0.383 e. The summed E-state index contributed by atoms with van der Waals surface area (Å²) < 4.78 is 7.14. The Balaban J connectivity index is 1.69. The van der Waals surface area contributed by atoms with Crippen LogP contribution in [0.5, 0.6) is 0 Å². The van der Waals surface area contributed by atoms with E-state index in [0.29, 0.717) is 24.1 Å². The largest absolute Gasteiger partial charge is 0.383 e. The summed E-state index contributed by atoms with van der Waals surface area (Å²) in [5, 5.41) is 21.7. The first-order chi connectivity index (χ1) is 13.7. The first-order valence-electron chi connectivity index (χ1n) is 9.35. The number of nitrogens with one attached hydrogen (secondary N) is 1. The molecule has 0 saturated heterocycles. The normalized spacial score (nSPS) is 15.7. The molecule has 9 heteroatoms. The lowest BCUT2D eigenvalue weighted by Crippen LogP contribution is -2.49. The van der Waals surface area contributed by atoms with E-state index in [1.165, 1.54) is 11.8 Å². The fraction of sp³-hybridized carbons (Fsp3) is 0.526. The van der Waals surface area contributed by atoms with Gasteiger partial charge in [-0.15, -0.1) is 10.2 Å². The highest BCUT2D eigenvalue weighted by molar-refractivity contribution is 7.99. The quantitative estimate of drug-likeness (QED) is 0.678. The molecule has 1 N–H and O–H groups in total. The van der Waals surface area contributed by atoms with Crippen molar-refractivity contribution in [3.05, 3.63) is 24.5 Å². The van der Waals surface area contributed by atoms with E-state index in [1.807, 2.05) is 16.7 Å². The topological polar surface area (TPSA) is 106 Å². The third-order valence-corrected chi connectivity index (χ3v) is 5.77. The molecule has 8 nitrogen and oxygen atoms in total. The number of carbonyl (C=O) groups is 1. The molecule has 2 aromatic heterocycles. The van der Waals surface area contributed by atoms with Gasteiger partial charge in [0.25, 0.3) is 0 Å². The van der Waals surface area contributed by atoms with Gasteiger partial charge in [-0.1, -0.05) is 31.0 Å². The Labute approximate surface area is 168 Å². The van der Waals surface area contributed by atoms with Crippen molar-refractivity contribution in [2.45, 2.75) is 49.3 Å². The molecule has 3 rings (SSSR count). The molecule has 0 radical (unpaired) electrons. The molecule has 1 saturated carbocycles. The molecule has 0 aliphatic heterocycles. The van der Waals surface area contributed by atoms with Crippen molar-refractivity contribution in [2.24, 2.45) is 0 Å². The molecule has 1 amide bonds. The molecule has 0 atom stereocenters. The number of pyridine rings is 1. The Bertz CT molecular complexity index is 827. The van der Waals surface area contributed by atoms with Crippen LogP contribution in [0.2, 0.25) is 0 Å². The molecular weight excluding hydrogens is 376 g/mol. The van der Waals surface area contributed by atoms with Crippen LogP contribution < -0.4 is 5.32 Å². The molecule has 0 bridgehead atoms. The summed E-state index contributed by atoms with van der Waals surface area (Å²) in [6.07, 6.45) is 7.91. The summed E-state index contributed by atoms with van der Waals surface area (Å²) in [4.78, 5) is 16.5. The SMILES string of the molecule is COCCn1c(SCC(=O)NC2(C#N)CCCCC2)nnc1-c1ccncc1. The summed E-state index contributed by atoms with van der Waals surface area (Å²) in [7, 11) is 1.64. The number of amides is 1. The number of nitrogens with zero attached hydrogens (tertiary/aromatic N) is 5. The highest BCUT2D eigenvalue weighted by atomic mass is 32.2. The summed E-state index contributed by atoms with van der Waals surface area (Å²) in [6, 6.07) is 6.05. The number of methoxy groups -OCH3 is 1. The first-order valence-corrected chi connectivity index (χ1v) is 10.3. The molecule has 1 fully saturated rings. The van der Waals surface area contributed by atoms with Crippen LogP contribution >= 0.6 is 11.8 Å². The lowest BCUT2D eigenvalue weighted by atomic mass is 9.83. The molecule has 0 unspecified atom stereocenters. The number of hydrogen-bond donors (Lipinski definition) is 1. The predicted molar refractivity (Wildman–Crippen MR) is 105 cm³/mol. The smallest absolute Gasteiger partial charge is 0.231 e. The maximum Gasteiger partial charge on any atom is 0.231 e. The molecule has 0 spiro atoms. The second-order valence-electron chi connectivity index (χ2n) is 6.78. The Morgan fingerprint density at radius 2 is 2.07 bits per heavy atom. The van der Waals surface area contributed by atoms with Crippen LogP contribution in [-0.2, 0) is 16.1 Å². The van der Waals surface area contributed by atoms with Crippen LogP contribution in [0.15, 0.2) is 29.7 Å². The number of aromatic nitrogens is 4. The number of nitriles is 1. The van der Waals surface area contributed by atoms with Crippen molar-refractivity contribution in [2.75, 3.05) is 19.5 Å². The molecule has 2 heterocycles. The average Bonchev–Trinajstić information content (AvgIpc) is 3.14. The maximum atomic E-state index is 12.5. The van der Waals surface area contributed by atoms with Crippen LogP contribution in [0, 0.1) is 11.3 Å². The minimum absolute atomic E-state index is 0.153. The fourth-order valence-corrected chi connectivity index (χ4v) is 4.11. The van der Waals surface area contributed by atoms with Crippen molar-refractivity contribution in [1.82, 2.24) is 25.1 Å². The molecule has 148 valence electrons. The Morgan fingerprint density at radius 1 is 1.32 bits per heavy atom. The van der Waals surface area contributed by atoms with Gasteiger partial charge in [0.05, 0.1) is 25.0 Å². The van der Waals surface area contributed by atoms with Crippen LogP contribution in [0.4, 0.5) is 0 Å². The van der Waals surface area contributed by atoms with Crippen LogP contribution in [0.1, 0.15) is 32.1 Å². The van der Waals surface area contributed by atoms with E-state index in [-0.39, 0.29) is 11.7 Å². The highest BCUT2D eigenvalue weighted by Crippen LogP contribution is 2.28. The monoisotopic (exact) mass is 400 g/mol. The van der Waals surface area contributed by atoms with E-state index in [0.717, 1.165) is 37.7 Å². The van der Waals surface area contributed by atoms with Crippen LogP contribution in [-0.4, -0.2) is 50.7 Å². The number of carbonyl (C=O) groups excluding carboxylic acids is 1. The second-order valence-corrected chi connectivity index (χ2v) is 7.72. The van der Waals surface area contributed by atoms with Gasteiger partial charge < -0.3 is 10.1 Å². The Hall–Kier alpha value is -2.44. The molecule has 28 heavy (non-hydrogen) atoms. The van der Waals surface area contributed by atoms with Gasteiger partial charge in [-0.05, 0) is 25.0 Å². The number of rotatable bonds is 8. The third kappa shape index (κ3) is 4.88. The van der Waals surface area contributed by atoms with Crippen molar-refractivity contribution in [1.29, 1.82) is 5.26 Å². The molecule has 0 aromatic carbocycles. The second kappa shape index (κ2) is 9.66. The van der Waals surface area contributed by atoms with E-state index in [9.17, 15) is 10.1 Å². The van der Waals surface area contributed by atoms with Crippen molar-refractivity contribution in [3.63, 3.8) is 0 Å². The summed E-state index contributed by atoms with van der Waals surface area (Å²) >= 11 is 1.32. The predicted octanol–water partition coefficient (Wildman–Crippen LogP) is 2.42. The van der Waals surface area contributed by atoms with Crippen LogP contribution in [0.3, 0.4) is 0 Å². The van der Waals surface area contributed by atoms with E-state index in [2.05, 4.69) is 26.6 Å². The minimum atomic E-state index is -0.720.